The molecule has 1 aromatic carbocycles. The smallest absolute Gasteiger partial charge is 0.127 e. The molecular weight excluding hydrogens is 180 g/mol. The van der Waals surface area contributed by atoms with Crippen LogP contribution >= 0.6 is 0 Å². The average molecular weight is 194 g/mol. The number of aryl methyl sites for hydroxylation is 1. The van der Waals surface area contributed by atoms with E-state index < -0.39 is 6.10 Å². The first-order valence-electron chi connectivity index (χ1n) is 4.84. The monoisotopic (exact) mass is 194 g/mol. The van der Waals surface area contributed by atoms with Crippen LogP contribution < -0.4 is 4.74 Å². The van der Waals surface area contributed by atoms with Crippen LogP contribution in [-0.2, 0) is 6.42 Å². The summed E-state index contributed by atoms with van der Waals surface area (Å²) in [6.45, 7) is -0.243. The van der Waals surface area contributed by atoms with Crippen LogP contribution in [0.15, 0.2) is 24.3 Å². The summed E-state index contributed by atoms with van der Waals surface area (Å²) in [7, 11) is 0. The van der Waals surface area contributed by atoms with Crippen LogP contribution in [0.4, 0.5) is 0 Å². The van der Waals surface area contributed by atoms with Crippen molar-refractivity contribution >= 4 is 0 Å². The number of aliphatic hydroxyl groups excluding tert-OH is 2. The van der Waals surface area contributed by atoms with Gasteiger partial charge in [-0.2, -0.15) is 0 Å². The standard InChI is InChI=1S/C11H14O3/c12-7-9(13)11-6-5-8-3-1-2-4-10(8)14-11/h1-4,9,11-13H,5-7H2/t9-,11-/m0/s1. The van der Waals surface area contributed by atoms with Crippen LogP contribution in [0.5, 0.6) is 5.75 Å². The lowest BCUT2D eigenvalue weighted by Gasteiger charge is -2.28. The molecule has 0 aromatic heterocycles. The number of hydrogen-bond donors (Lipinski definition) is 2. The highest BCUT2D eigenvalue weighted by Gasteiger charge is 2.25. The van der Waals surface area contributed by atoms with E-state index in [1.165, 1.54) is 5.56 Å². The summed E-state index contributed by atoms with van der Waals surface area (Å²) in [6, 6.07) is 7.81. The number of aliphatic hydroxyl groups is 2. The molecule has 1 aliphatic rings. The second kappa shape index (κ2) is 3.98. The number of para-hydroxylation sites is 1. The molecule has 0 saturated heterocycles. The molecule has 76 valence electrons. The van der Waals surface area contributed by atoms with E-state index in [0.29, 0.717) is 0 Å². The van der Waals surface area contributed by atoms with E-state index in [2.05, 4.69) is 0 Å². The molecule has 3 heteroatoms. The van der Waals surface area contributed by atoms with E-state index in [4.69, 9.17) is 9.84 Å². The fourth-order valence-electron chi connectivity index (χ4n) is 1.73. The Balaban J connectivity index is 2.13. The summed E-state index contributed by atoms with van der Waals surface area (Å²) >= 11 is 0. The Hall–Kier alpha value is -1.06. The van der Waals surface area contributed by atoms with Gasteiger partial charge in [0.25, 0.3) is 0 Å². The van der Waals surface area contributed by atoms with Gasteiger partial charge in [-0.15, -0.1) is 0 Å². The molecule has 2 N–H and O–H groups in total. The van der Waals surface area contributed by atoms with Gasteiger partial charge in [0.05, 0.1) is 6.61 Å². The first-order chi connectivity index (χ1) is 6.81. The molecule has 0 fully saturated rings. The Labute approximate surface area is 83.0 Å². The molecule has 0 amide bonds. The molecule has 1 aliphatic heterocycles. The fraction of sp³-hybridized carbons (Fsp3) is 0.455. The number of ether oxygens (including phenoxy) is 1. The Morgan fingerprint density at radius 3 is 3.00 bits per heavy atom. The van der Waals surface area contributed by atoms with Crippen molar-refractivity contribution in [2.24, 2.45) is 0 Å². The minimum Gasteiger partial charge on any atom is -0.487 e. The van der Waals surface area contributed by atoms with Gasteiger partial charge in [-0.05, 0) is 24.5 Å². The van der Waals surface area contributed by atoms with Crippen LogP contribution in [0, 0.1) is 0 Å². The Morgan fingerprint density at radius 2 is 2.21 bits per heavy atom. The van der Waals surface area contributed by atoms with Gasteiger partial charge in [-0.1, -0.05) is 18.2 Å². The predicted octanol–water partition coefficient (Wildman–Crippen LogP) is 0.733. The zero-order valence-corrected chi connectivity index (χ0v) is 7.89. The van der Waals surface area contributed by atoms with Gasteiger partial charge in [0.1, 0.15) is 18.0 Å². The zero-order chi connectivity index (χ0) is 9.97. The van der Waals surface area contributed by atoms with Crippen molar-refractivity contribution in [3.8, 4) is 5.75 Å². The van der Waals surface area contributed by atoms with Gasteiger partial charge in [0.15, 0.2) is 0 Å². The van der Waals surface area contributed by atoms with Gasteiger partial charge in [0, 0.05) is 0 Å². The third-order valence-corrected chi connectivity index (χ3v) is 2.57. The third kappa shape index (κ3) is 1.74. The molecule has 0 unspecified atom stereocenters. The van der Waals surface area contributed by atoms with Gasteiger partial charge >= 0.3 is 0 Å². The van der Waals surface area contributed by atoms with Crippen molar-refractivity contribution in [1.29, 1.82) is 0 Å². The molecule has 3 nitrogen and oxygen atoms in total. The number of fused-ring (bicyclic) bond motifs is 1. The molecule has 14 heavy (non-hydrogen) atoms. The highest BCUT2D eigenvalue weighted by Crippen LogP contribution is 2.27. The molecule has 0 saturated carbocycles. The van der Waals surface area contributed by atoms with Crippen molar-refractivity contribution in [2.45, 2.75) is 25.0 Å². The molecule has 2 rings (SSSR count). The molecule has 1 aromatic rings. The summed E-state index contributed by atoms with van der Waals surface area (Å²) in [4.78, 5) is 0. The quantitative estimate of drug-likeness (QED) is 0.729. The van der Waals surface area contributed by atoms with Crippen LogP contribution in [0.1, 0.15) is 12.0 Å². The lowest BCUT2D eigenvalue weighted by Crippen LogP contribution is -2.37. The van der Waals surface area contributed by atoms with Crippen molar-refractivity contribution in [1.82, 2.24) is 0 Å². The Morgan fingerprint density at radius 1 is 1.43 bits per heavy atom. The van der Waals surface area contributed by atoms with Crippen molar-refractivity contribution < 1.29 is 14.9 Å². The topological polar surface area (TPSA) is 49.7 Å². The van der Waals surface area contributed by atoms with Crippen molar-refractivity contribution in [3.63, 3.8) is 0 Å². The number of rotatable bonds is 2. The SMILES string of the molecule is OC[C@H](O)[C@@H]1CCc2ccccc2O1. The number of hydrogen-bond acceptors (Lipinski definition) is 3. The minimum absolute atomic E-state index is 0.243. The largest absolute Gasteiger partial charge is 0.487 e. The van der Waals surface area contributed by atoms with Crippen LogP contribution in [-0.4, -0.2) is 29.0 Å². The third-order valence-electron chi connectivity index (χ3n) is 2.57. The maximum Gasteiger partial charge on any atom is 0.127 e. The summed E-state index contributed by atoms with van der Waals surface area (Å²) in [5, 5.41) is 18.2. The van der Waals surface area contributed by atoms with E-state index >= 15 is 0 Å². The first kappa shape index (κ1) is 9.49. The predicted molar refractivity (Wildman–Crippen MR) is 52.3 cm³/mol. The zero-order valence-electron chi connectivity index (χ0n) is 7.89. The molecule has 2 atom stereocenters. The summed E-state index contributed by atoms with van der Waals surface area (Å²) < 4.78 is 5.57. The Kier molecular flexibility index (Phi) is 2.70. The molecule has 0 radical (unpaired) electrons. The Bertz CT molecular complexity index is 311. The highest BCUT2D eigenvalue weighted by atomic mass is 16.5. The second-order valence-electron chi connectivity index (χ2n) is 3.55. The van der Waals surface area contributed by atoms with Crippen molar-refractivity contribution in [3.05, 3.63) is 29.8 Å². The summed E-state index contributed by atoms with van der Waals surface area (Å²) in [5.41, 5.74) is 1.17. The van der Waals surface area contributed by atoms with Crippen LogP contribution in [0.2, 0.25) is 0 Å². The van der Waals surface area contributed by atoms with Crippen LogP contribution in [0.3, 0.4) is 0 Å². The van der Waals surface area contributed by atoms with E-state index in [9.17, 15) is 5.11 Å². The van der Waals surface area contributed by atoms with Gasteiger partial charge in [0.2, 0.25) is 0 Å². The van der Waals surface area contributed by atoms with Gasteiger partial charge in [-0.3, -0.25) is 0 Å². The van der Waals surface area contributed by atoms with Gasteiger partial charge in [-0.25, -0.2) is 0 Å². The maximum absolute atomic E-state index is 9.43. The van der Waals surface area contributed by atoms with Gasteiger partial charge < -0.3 is 14.9 Å². The molecular formula is C11H14O3. The van der Waals surface area contributed by atoms with E-state index in [1.54, 1.807) is 0 Å². The number of benzene rings is 1. The van der Waals surface area contributed by atoms with Crippen LogP contribution in [0.25, 0.3) is 0 Å². The average Bonchev–Trinajstić information content (AvgIpc) is 2.27. The summed E-state index contributed by atoms with van der Waals surface area (Å²) in [6.07, 6.45) is 0.620. The second-order valence-corrected chi connectivity index (χ2v) is 3.55. The fourth-order valence-corrected chi connectivity index (χ4v) is 1.73. The molecule has 0 spiro atoms. The molecule has 1 heterocycles. The highest BCUT2D eigenvalue weighted by molar-refractivity contribution is 5.35. The van der Waals surface area contributed by atoms with E-state index in [-0.39, 0.29) is 12.7 Å². The van der Waals surface area contributed by atoms with E-state index in [1.807, 2.05) is 24.3 Å². The van der Waals surface area contributed by atoms with E-state index in [0.717, 1.165) is 18.6 Å². The molecule has 0 aliphatic carbocycles. The minimum atomic E-state index is -0.775. The first-order valence-corrected chi connectivity index (χ1v) is 4.84. The summed E-state index contributed by atoms with van der Waals surface area (Å²) in [5.74, 6) is 0.830. The van der Waals surface area contributed by atoms with Crippen molar-refractivity contribution in [2.75, 3.05) is 6.61 Å². The lowest BCUT2D eigenvalue weighted by molar-refractivity contribution is -0.00958. The lowest BCUT2D eigenvalue weighted by atomic mass is 9.99. The molecule has 0 bridgehead atoms. The maximum atomic E-state index is 9.43. The normalized spacial score (nSPS) is 22.3.